The van der Waals surface area contributed by atoms with Crippen molar-refractivity contribution >= 4 is 0 Å². The van der Waals surface area contributed by atoms with E-state index in [-0.39, 0.29) is 0 Å². The van der Waals surface area contributed by atoms with Gasteiger partial charge in [0, 0.05) is 30.7 Å². The predicted molar refractivity (Wildman–Crippen MR) is 171 cm³/mol. The van der Waals surface area contributed by atoms with E-state index >= 15 is 0 Å². The smallest absolute Gasteiger partial charge is 0.00982 e. The zero-order valence-electron chi connectivity index (χ0n) is 27.6. The summed E-state index contributed by atoms with van der Waals surface area (Å²) in [7, 11) is 4.62. The monoisotopic (exact) mass is 557 g/mol. The van der Waals surface area contributed by atoms with Gasteiger partial charge in [-0.15, -0.1) is 0 Å². The Morgan fingerprint density at radius 1 is 0.575 bits per heavy atom. The second kappa shape index (κ2) is 14.1. The van der Waals surface area contributed by atoms with E-state index in [9.17, 15) is 0 Å². The normalized spacial score (nSPS) is 48.8. The van der Waals surface area contributed by atoms with Crippen molar-refractivity contribution in [2.75, 3.05) is 40.3 Å². The minimum Gasteiger partial charge on any atom is -0.330 e. The molecule has 4 heteroatoms. The molecule has 2 saturated carbocycles. The van der Waals surface area contributed by atoms with Crippen molar-refractivity contribution in [1.29, 1.82) is 0 Å². The summed E-state index contributed by atoms with van der Waals surface area (Å²) in [6, 6.07) is 3.73. The van der Waals surface area contributed by atoms with Gasteiger partial charge in [-0.05, 0) is 165 Å². The van der Waals surface area contributed by atoms with Crippen LogP contribution in [0.3, 0.4) is 0 Å². The lowest BCUT2D eigenvalue weighted by Crippen LogP contribution is -2.49. The van der Waals surface area contributed by atoms with E-state index in [0.717, 1.165) is 78.1 Å². The molecule has 7 unspecified atom stereocenters. The van der Waals surface area contributed by atoms with Crippen LogP contribution >= 0.6 is 0 Å². The summed E-state index contributed by atoms with van der Waals surface area (Å²) in [4.78, 5) is 7.83. The van der Waals surface area contributed by atoms with Gasteiger partial charge in [-0.25, -0.2) is 0 Å². The second-order valence-electron chi connectivity index (χ2n) is 16.3. The molecule has 9 rings (SSSR count). The van der Waals surface area contributed by atoms with Crippen LogP contribution in [0.4, 0.5) is 0 Å². The topological polar surface area (TPSA) is 35.7 Å². The van der Waals surface area contributed by atoms with Gasteiger partial charge < -0.3 is 20.4 Å². The van der Waals surface area contributed by atoms with Crippen molar-refractivity contribution in [3.8, 4) is 0 Å². The summed E-state index contributed by atoms with van der Waals surface area (Å²) in [5.74, 6) is 7.91. The maximum absolute atomic E-state index is 5.71. The van der Waals surface area contributed by atoms with E-state index in [1.54, 1.807) is 0 Å². The zero-order valence-corrected chi connectivity index (χ0v) is 27.6. The first-order valence-corrected chi connectivity index (χ1v) is 18.1. The molecule has 7 saturated heterocycles. The van der Waals surface area contributed by atoms with Crippen LogP contribution < -0.4 is 5.73 Å². The van der Waals surface area contributed by atoms with Crippen LogP contribution in [0.25, 0.3) is 0 Å². The summed E-state index contributed by atoms with van der Waals surface area (Å²) in [5, 5.41) is 0. The van der Waals surface area contributed by atoms with Crippen LogP contribution in [0.1, 0.15) is 118 Å². The molecule has 0 amide bonds. The average molecular weight is 557 g/mol. The molecule has 0 spiro atoms. The van der Waals surface area contributed by atoms with Crippen LogP contribution in [0, 0.1) is 47.3 Å². The quantitative estimate of drug-likeness (QED) is 0.373. The van der Waals surface area contributed by atoms with Crippen molar-refractivity contribution in [3.63, 3.8) is 0 Å². The van der Waals surface area contributed by atoms with Crippen molar-refractivity contribution in [2.45, 2.75) is 142 Å². The molecule has 8 bridgehead atoms. The summed E-state index contributed by atoms with van der Waals surface area (Å²) < 4.78 is 0. The van der Waals surface area contributed by atoms with Gasteiger partial charge >= 0.3 is 0 Å². The number of hydrogen-bond donors (Lipinski definition) is 1. The Morgan fingerprint density at radius 3 is 1.43 bits per heavy atom. The van der Waals surface area contributed by atoms with Gasteiger partial charge in [-0.2, -0.15) is 0 Å². The fraction of sp³-hybridized carbons (Fsp3) is 1.00. The number of fused-ring (bicyclic) bond motifs is 9. The van der Waals surface area contributed by atoms with E-state index in [1.165, 1.54) is 110 Å². The summed E-state index contributed by atoms with van der Waals surface area (Å²) in [6.45, 7) is 14.7. The number of nitrogens with two attached hydrogens (primary N) is 1. The first kappa shape index (κ1) is 31.3. The Labute approximate surface area is 249 Å². The molecule has 0 aromatic heterocycles. The molecule has 2 N–H and O–H groups in total. The molecule has 9 fully saturated rings. The fourth-order valence-electron chi connectivity index (χ4n) is 10.9. The molecule has 7 aliphatic heterocycles. The van der Waals surface area contributed by atoms with Crippen molar-refractivity contribution in [3.05, 3.63) is 0 Å². The van der Waals surface area contributed by atoms with Crippen LogP contribution in [0.2, 0.25) is 0 Å². The van der Waals surface area contributed by atoms with Crippen molar-refractivity contribution in [1.82, 2.24) is 14.7 Å². The minimum absolute atomic E-state index is 0.874. The lowest BCUT2D eigenvalue weighted by molar-refractivity contribution is 0.0415. The molecule has 4 nitrogen and oxygen atoms in total. The summed E-state index contributed by atoms with van der Waals surface area (Å²) in [6.07, 6.45) is 20.5. The molecule has 9 atom stereocenters. The lowest BCUT2D eigenvalue weighted by atomic mass is 9.80. The fourth-order valence-corrected chi connectivity index (χ4v) is 10.9. The van der Waals surface area contributed by atoms with E-state index in [0.29, 0.717) is 0 Å². The van der Waals surface area contributed by atoms with E-state index in [4.69, 9.17) is 5.73 Å². The van der Waals surface area contributed by atoms with Gasteiger partial charge in [0.25, 0.3) is 0 Å². The van der Waals surface area contributed by atoms with Crippen LogP contribution in [-0.4, -0.2) is 79.1 Å². The zero-order chi connectivity index (χ0) is 28.4. The Morgan fingerprint density at radius 2 is 1.07 bits per heavy atom. The van der Waals surface area contributed by atoms with E-state index in [2.05, 4.69) is 56.5 Å². The Bertz CT molecular complexity index is 734. The van der Waals surface area contributed by atoms with Gasteiger partial charge in [0.15, 0.2) is 0 Å². The van der Waals surface area contributed by atoms with Crippen LogP contribution in [0.5, 0.6) is 0 Å². The Hall–Kier alpha value is -0.160. The van der Waals surface area contributed by atoms with Crippen LogP contribution in [-0.2, 0) is 0 Å². The van der Waals surface area contributed by atoms with E-state index in [1.807, 2.05) is 0 Å². The molecule has 0 aromatic carbocycles. The lowest BCUT2D eigenvalue weighted by Gasteiger charge is -2.46. The molecular weight excluding hydrogens is 488 g/mol. The SMILES string of the molecule is CC1CC2CCC(C1)N2C.CC1CC2CCCC(C1)N2C.C[C@@H]1CN2CCC1CC2.C[C@H]1C2CCC(C2)C1CN. The first-order chi connectivity index (χ1) is 19.2. The largest absolute Gasteiger partial charge is 0.330 e. The molecule has 9 aliphatic rings. The highest BCUT2D eigenvalue weighted by atomic mass is 15.2. The van der Waals surface area contributed by atoms with Gasteiger partial charge in [0.2, 0.25) is 0 Å². The van der Waals surface area contributed by atoms with Crippen molar-refractivity contribution < 1.29 is 0 Å². The molecule has 0 aromatic rings. The number of piperidine rings is 6. The Kier molecular flexibility index (Phi) is 11.0. The molecular formula is C36H68N4. The number of hydrogen-bond acceptors (Lipinski definition) is 4. The number of rotatable bonds is 1. The number of nitrogens with zero attached hydrogens (tertiary/aromatic N) is 3. The summed E-state index contributed by atoms with van der Waals surface area (Å²) >= 11 is 0. The van der Waals surface area contributed by atoms with Gasteiger partial charge in [0.1, 0.15) is 0 Å². The highest BCUT2D eigenvalue weighted by Gasteiger charge is 2.44. The predicted octanol–water partition coefficient (Wildman–Crippen LogP) is 7.12. The highest BCUT2D eigenvalue weighted by Crippen LogP contribution is 2.51. The molecule has 0 radical (unpaired) electrons. The third kappa shape index (κ3) is 7.31. The van der Waals surface area contributed by atoms with E-state index < -0.39 is 0 Å². The molecule has 40 heavy (non-hydrogen) atoms. The minimum atomic E-state index is 0.874. The van der Waals surface area contributed by atoms with Gasteiger partial charge in [-0.3, -0.25) is 0 Å². The van der Waals surface area contributed by atoms with Gasteiger partial charge in [0.05, 0.1) is 0 Å². The Balaban J connectivity index is 0.000000108. The molecule has 7 heterocycles. The third-order valence-electron chi connectivity index (χ3n) is 13.7. The standard InChI is InChI=1S/C10H19N.2C9H17N.C8H15N/c1-8-6-9-4-3-5-10(7-8)11(9)2;1-7-5-8-3-4-9(6-7)10(8)2;1-6-7-2-3-8(4-7)9(6)5-10;1-7-6-9-4-2-8(7)3-5-9/h8-10H,3-7H2,1-2H3;7-9H,3-6H2,1-2H3;6-9H,2-5,10H2,1H3;7-8H,2-6H2,1H3/t;;6-,7?,8?,9?;7-/m..01/s1. The third-order valence-corrected chi connectivity index (χ3v) is 13.7. The molecule has 2 aliphatic carbocycles. The van der Waals surface area contributed by atoms with Gasteiger partial charge in [-0.1, -0.05) is 34.1 Å². The average Bonchev–Trinajstić information content (AvgIpc) is 3.58. The maximum atomic E-state index is 5.71. The van der Waals surface area contributed by atoms with Crippen LogP contribution in [0.15, 0.2) is 0 Å². The summed E-state index contributed by atoms with van der Waals surface area (Å²) in [5.41, 5.74) is 5.71. The molecule has 232 valence electrons. The second-order valence-corrected chi connectivity index (χ2v) is 16.3. The van der Waals surface area contributed by atoms with Crippen molar-refractivity contribution in [2.24, 2.45) is 53.1 Å². The maximum Gasteiger partial charge on any atom is 0.00982 e. The first-order valence-electron chi connectivity index (χ1n) is 18.1. The highest BCUT2D eigenvalue weighted by molar-refractivity contribution is 4.95.